The van der Waals surface area contributed by atoms with Gasteiger partial charge in [0.25, 0.3) is 5.91 Å². The van der Waals surface area contributed by atoms with Gasteiger partial charge in [0.1, 0.15) is 23.9 Å². The minimum absolute atomic E-state index is 0.177. The maximum Gasteiger partial charge on any atom is 0.257 e. The monoisotopic (exact) mass is 391 g/mol. The first-order valence-corrected chi connectivity index (χ1v) is 9.41. The number of anilines is 2. The number of hydrogen-bond acceptors (Lipinski definition) is 5. The molecule has 1 amide bonds. The third kappa shape index (κ3) is 5.48. The molecule has 0 aliphatic rings. The van der Waals surface area contributed by atoms with Gasteiger partial charge in [0.2, 0.25) is 0 Å². The molecule has 0 fully saturated rings. The summed E-state index contributed by atoms with van der Waals surface area (Å²) in [6.07, 6.45) is 1.57. The lowest BCUT2D eigenvalue weighted by atomic mass is 10.1. The first-order valence-electron chi connectivity index (χ1n) is 9.41. The molecular weight excluding hydrogens is 366 g/mol. The first-order chi connectivity index (χ1) is 14.1. The van der Waals surface area contributed by atoms with Crippen molar-refractivity contribution in [3.05, 3.63) is 77.5 Å². The number of ether oxygens (including phenoxy) is 2. The summed E-state index contributed by atoms with van der Waals surface area (Å²) in [5.41, 5.74) is 3.41. The minimum atomic E-state index is -0.177. The van der Waals surface area contributed by atoms with Crippen molar-refractivity contribution < 1.29 is 14.3 Å². The van der Waals surface area contributed by atoms with Crippen LogP contribution in [0.1, 0.15) is 21.5 Å². The number of methoxy groups -OCH3 is 1. The van der Waals surface area contributed by atoms with Crippen LogP contribution in [0.5, 0.6) is 11.5 Å². The zero-order valence-corrected chi connectivity index (χ0v) is 16.9. The summed E-state index contributed by atoms with van der Waals surface area (Å²) in [7, 11) is 1.63. The van der Waals surface area contributed by atoms with Crippen molar-refractivity contribution in [2.24, 2.45) is 0 Å². The number of aryl methyl sites for hydroxylation is 2. The molecule has 29 heavy (non-hydrogen) atoms. The topological polar surface area (TPSA) is 72.5 Å². The van der Waals surface area contributed by atoms with E-state index >= 15 is 0 Å². The Bertz CT molecular complexity index is 934. The smallest absolute Gasteiger partial charge is 0.257 e. The number of pyridine rings is 1. The molecule has 6 nitrogen and oxygen atoms in total. The Balaban J connectivity index is 1.48. The Labute approximate surface area is 170 Å². The van der Waals surface area contributed by atoms with Gasteiger partial charge in [0, 0.05) is 11.9 Å². The maximum absolute atomic E-state index is 12.5. The SMILES string of the molecule is COc1ccc(OCCNc2ccc(C(=O)Nc3c(C)cccc3C)cn2)cc1. The summed E-state index contributed by atoms with van der Waals surface area (Å²) < 4.78 is 10.8. The van der Waals surface area contributed by atoms with Crippen LogP contribution in [0, 0.1) is 13.8 Å². The van der Waals surface area contributed by atoms with Gasteiger partial charge < -0.3 is 20.1 Å². The second kappa shape index (κ2) is 9.59. The summed E-state index contributed by atoms with van der Waals surface area (Å²) >= 11 is 0. The van der Waals surface area contributed by atoms with Crippen LogP contribution in [-0.2, 0) is 0 Å². The molecule has 3 aromatic rings. The van der Waals surface area contributed by atoms with Crippen LogP contribution in [0.25, 0.3) is 0 Å². The highest BCUT2D eigenvalue weighted by atomic mass is 16.5. The molecule has 1 aromatic heterocycles. The number of hydrogen-bond donors (Lipinski definition) is 2. The van der Waals surface area contributed by atoms with Crippen molar-refractivity contribution in [1.29, 1.82) is 0 Å². The van der Waals surface area contributed by atoms with Crippen LogP contribution >= 0.6 is 0 Å². The predicted octanol–water partition coefficient (Wildman–Crippen LogP) is 4.45. The van der Waals surface area contributed by atoms with E-state index in [1.54, 1.807) is 25.4 Å². The Morgan fingerprint density at radius 1 is 0.966 bits per heavy atom. The van der Waals surface area contributed by atoms with Crippen LogP contribution in [0.2, 0.25) is 0 Å². The molecular formula is C23H25N3O3. The van der Waals surface area contributed by atoms with Gasteiger partial charge in [-0.3, -0.25) is 4.79 Å². The van der Waals surface area contributed by atoms with E-state index in [1.165, 1.54) is 0 Å². The van der Waals surface area contributed by atoms with Crippen molar-refractivity contribution in [2.45, 2.75) is 13.8 Å². The van der Waals surface area contributed by atoms with Gasteiger partial charge >= 0.3 is 0 Å². The number of para-hydroxylation sites is 1. The van der Waals surface area contributed by atoms with Crippen LogP contribution in [0.3, 0.4) is 0 Å². The Morgan fingerprint density at radius 3 is 2.28 bits per heavy atom. The van der Waals surface area contributed by atoms with Crippen molar-refractivity contribution in [3.63, 3.8) is 0 Å². The molecule has 0 saturated heterocycles. The molecule has 0 atom stereocenters. The Kier molecular flexibility index (Phi) is 6.68. The largest absolute Gasteiger partial charge is 0.497 e. The second-order valence-corrected chi connectivity index (χ2v) is 6.60. The highest BCUT2D eigenvalue weighted by Crippen LogP contribution is 2.20. The van der Waals surface area contributed by atoms with E-state index in [4.69, 9.17) is 9.47 Å². The fraction of sp³-hybridized carbons (Fsp3) is 0.217. The number of rotatable bonds is 8. The van der Waals surface area contributed by atoms with Crippen molar-refractivity contribution in [1.82, 2.24) is 4.98 Å². The van der Waals surface area contributed by atoms with Gasteiger partial charge in [0.15, 0.2) is 0 Å². The number of nitrogens with one attached hydrogen (secondary N) is 2. The summed E-state index contributed by atoms with van der Waals surface area (Å²) in [6.45, 7) is 5.03. The highest BCUT2D eigenvalue weighted by molar-refractivity contribution is 6.04. The number of aromatic nitrogens is 1. The molecule has 6 heteroatoms. The molecule has 0 unspecified atom stereocenters. The average Bonchev–Trinajstić information content (AvgIpc) is 2.74. The van der Waals surface area contributed by atoms with Crippen LogP contribution in [-0.4, -0.2) is 31.2 Å². The van der Waals surface area contributed by atoms with E-state index in [0.29, 0.717) is 24.5 Å². The molecule has 0 radical (unpaired) electrons. The molecule has 1 heterocycles. The quantitative estimate of drug-likeness (QED) is 0.555. The fourth-order valence-electron chi connectivity index (χ4n) is 2.85. The average molecular weight is 391 g/mol. The summed E-state index contributed by atoms with van der Waals surface area (Å²) in [6, 6.07) is 16.9. The zero-order valence-electron chi connectivity index (χ0n) is 16.9. The van der Waals surface area contributed by atoms with E-state index in [-0.39, 0.29) is 5.91 Å². The Hall–Kier alpha value is -3.54. The second-order valence-electron chi connectivity index (χ2n) is 6.60. The number of benzene rings is 2. The summed E-state index contributed by atoms with van der Waals surface area (Å²) in [4.78, 5) is 16.8. The molecule has 0 bridgehead atoms. The predicted molar refractivity (Wildman–Crippen MR) is 115 cm³/mol. The van der Waals surface area contributed by atoms with E-state index in [0.717, 1.165) is 28.3 Å². The van der Waals surface area contributed by atoms with Gasteiger partial charge in [-0.15, -0.1) is 0 Å². The van der Waals surface area contributed by atoms with Crippen LogP contribution < -0.4 is 20.1 Å². The minimum Gasteiger partial charge on any atom is -0.497 e. The molecule has 150 valence electrons. The van der Waals surface area contributed by atoms with Gasteiger partial charge in [-0.1, -0.05) is 18.2 Å². The number of amides is 1. The van der Waals surface area contributed by atoms with E-state index in [9.17, 15) is 4.79 Å². The van der Waals surface area contributed by atoms with Gasteiger partial charge in [-0.25, -0.2) is 4.98 Å². The van der Waals surface area contributed by atoms with Gasteiger partial charge in [0.05, 0.1) is 19.2 Å². The summed E-state index contributed by atoms with van der Waals surface area (Å²) in [5, 5.41) is 6.14. The third-order valence-corrected chi connectivity index (χ3v) is 4.48. The molecule has 0 aliphatic carbocycles. The van der Waals surface area contributed by atoms with Crippen LogP contribution in [0.15, 0.2) is 60.8 Å². The van der Waals surface area contributed by atoms with E-state index < -0.39 is 0 Å². The van der Waals surface area contributed by atoms with Crippen molar-refractivity contribution in [3.8, 4) is 11.5 Å². The van der Waals surface area contributed by atoms with Gasteiger partial charge in [-0.2, -0.15) is 0 Å². The Morgan fingerprint density at radius 2 is 1.66 bits per heavy atom. The lowest BCUT2D eigenvalue weighted by Crippen LogP contribution is -2.15. The third-order valence-electron chi connectivity index (χ3n) is 4.48. The van der Waals surface area contributed by atoms with Gasteiger partial charge in [-0.05, 0) is 61.4 Å². The molecule has 0 spiro atoms. The number of carbonyl (C=O) groups excluding carboxylic acids is 1. The standard InChI is InChI=1S/C23H25N3O3/c1-16-5-4-6-17(2)22(16)26-23(27)18-7-12-21(25-15-18)24-13-14-29-20-10-8-19(28-3)9-11-20/h4-12,15H,13-14H2,1-3H3,(H,24,25)(H,26,27). The van der Waals surface area contributed by atoms with Crippen LogP contribution in [0.4, 0.5) is 11.5 Å². The summed E-state index contributed by atoms with van der Waals surface area (Å²) in [5.74, 6) is 2.08. The first kappa shape index (κ1) is 20.2. The number of nitrogens with zero attached hydrogens (tertiary/aromatic N) is 1. The normalized spacial score (nSPS) is 10.3. The molecule has 0 aliphatic heterocycles. The lowest BCUT2D eigenvalue weighted by Gasteiger charge is -2.12. The number of carbonyl (C=O) groups is 1. The molecule has 0 saturated carbocycles. The van der Waals surface area contributed by atoms with E-state index in [2.05, 4.69) is 15.6 Å². The fourth-order valence-corrected chi connectivity index (χ4v) is 2.85. The van der Waals surface area contributed by atoms with Crippen molar-refractivity contribution >= 4 is 17.4 Å². The highest BCUT2D eigenvalue weighted by Gasteiger charge is 2.10. The molecule has 2 N–H and O–H groups in total. The zero-order chi connectivity index (χ0) is 20.6. The maximum atomic E-state index is 12.5. The molecule has 3 rings (SSSR count). The molecule has 2 aromatic carbocycles. The lowest BCUT2D eigenvalue weighted by molar-refractivity contribution is 0.102. The van der Waals surface area contributed by atoms with Crippen molar-refractivity contribution in [2.75, 3.05) is 30.9 Å². The van der Waals surface area contributed by atoms with E-state index in [1.807, 2.05) is 56.3 Å².